The molecule has 0 bridgehead atoms. The van der Waals surface area contributed by atoms with Gasteiger partial charge < -0.3 is 4.79 Å². The van der Waals surface area contributed by atoms with E-state index in [4.69, 9.17) is 0 Å². The zero-order chi connectivity index (χ0) is 12.0. The van der Waals surface area contributed by atoms with Crippen LogP contribution in [0.25, 0.3) is 0 Å². The van der Waals surface area contributed by atoms with Crippen molar-refractivity contribution in [1.29, 1.82) is 0 Å². The minimum absolute atomic E-state index is 0.309. The van der Waals surface area contributed by atoms with E-state index in [0.29, 0.717) is 11.7 Å². The molecule has 0 spiro atoms. The van der Waals surface area contributed by atoms with Crippen LogP contribution in [0.15, 0.2) is 12.1 Å². The van der Waals surface area contributed by atoms with Gasteiger partial charge in [0.1, 0.15) is 5.78 Å². The molecule has 0 fully saturated rings. The third-order valence-corrected chi connectivity index (χ3v) is 4.23. The summed E-state index contributed by atoms with van der Waals surface area (Å²) in [4.78, 5) is 14.0. The lowest BCUT2D eigenvalue weighted by molar-refractivity contribution is -0.117. The zero-order valence-corrected chi connectivity index (χ0v) is 11.4. The number of Topliss-reactive ketones (excluding diaryl/α,β-unsaturated/α-hetero) is 1. The maximum Gasteiger partial charge on any atom is 0.129 e. The summed E-state index contributed by atoms with van der Waals surface area (Å²) < 4.78 is 0. The first-order valence-corrected chi connectivity index (χ1v) is 7.07. The Bertz CT molecular complexity index is 327. The average Bonchev–Trinajstić information content (AvgIpc) is 2.68. The van der Waals surface area contributed by atoms with Crippen LogP contribution in [0.4, 0.5) is 0 Å². The molecule has 0 N–H and O–H groups in total. The fraction of sp³-hybridized carbons (Fsp3) is 0.643. The van der Waals surface area contributed by atoms with Crippen LogP contribution in [0.5, 0.6) is 0 Å². The van der Waals surface area contributed by atoms with Gasteiger partial charge in [-0.1, -0.05) is 20.3 Å². The number of rotatable bonds is 7. The smallest absolute Gasteiger partial charge is 0.129 e. The molecule has 16 heavy (non-hydrogen) atoms. The summed E-state index contributed by atoms with van der Waals surface area (Å²) in [6, 6.07) is 4.50. The number of hydrogen-bond donors (Lipinski definition) is 0. The number of carbonyl (C=O) groups excluding carboxylic acids is 1. The molecule has 90 valence electrons. The molecular formula is C14H22OS. The topological polar surface area (TPSA) is 17.1 Å². The minimum Gasteiger partial charge on any atom is -0.300 e. The quantitative estimate of drug-likeness (QED) is 0.680. The predicted octanol–water partition coefficient (Wildman–Crippen LogP) is 4.56. The summed E-state index contributed by atoms with van der Waals surface area (Å²) in [7, 11) is 0. The normalized spacial score (nSPS) is 12.7. The molecule has 0 aliphatic rings. The van der Waals surface area contributed by atoms with Crippen LogP contribution in [0.1, 0.15) is 62.1 Å². The molecule has 1 rings (SSSR count). The van der Waals surface area contributed by atoms with E-state index in [1.807, 2.05) is 11.3 Å². The van der Waals surface area contributed by atoms with Crippen LogP contribution in [0.2, 0.25) is 0 Å². The van der Waals surface area contributed by atoms with E-state index >= 15 is 0 Å². The van der Waals surface area contributed by atoms with Gasteiger partial charge in [0.2, 0.25) is 0 Å². The fourth-order valence-electron chi connectivity index (χ4n) is 1.92. The third-order valence-electron chi connectivity index (χ3n) is 2.92. The van der Waals surface area contributed by atoms with Crippen LogP contribution >= 0.6 is 11.3 Å². The maximum absolute atomic E-state index is 11.0. The number of thiophene rings is 1. The van der Waals surface area contributed by atoms with E-state index in [1.165, 1.54) is 22.6 Å². The highest BCUT2D eigenvalue weighted by Gasteiger charge is 2.12. The molecule has 0 aliphatic heterocycles. The Balaban J connectivity index is 2.59. The minimum atomic E-state index is 0.309. The lowest BCUT2D eigenvalue weighted by Gasteiger charge is -2.11. The van der Waals surface area contributed by atoms with Crippen molar-refractivity contribution in [1.82, 2.24) is 0 Å². The van der Waals surface area contributed by atoms with Gasteiger partial charge in [0.15, 0.2) is 0 Å². The number of carbonyl (C=O) groups is 1. The summed E-state index contributed by atoms with van der Waals surface area (Å²) in [6.45, 7) is 6.11. The zero-order valence-electron chi connectivity index (χ0n) is 10.6. The van der Waals surface area contributed by atoms with Crippen molar-refractivity contribution in [3.8, 4) is 0 Å². The molecule has 1 aromatic rings. The Morgan fingerprint density at radius 2 is 2.12 bits per heavy atom. The molecule has 1 heterocycles. The largest absolute Gasteiger partial charge is 0.300 e. The molecule has 0 saturated carbocycles. The molecule has 1 atom stereocenters. The van der Waals surface area contributed by atoms with E-state index < -0.39 is 0 Å². The van der Waals surface area contributed by atoms with Gasteiger partial charge in [-0.3, -0.25) is 0 Å². The van der Waals surface area contributed by atoms with Crippen LogP contribution in [-0.4, -0.2) is 5.78 Å². The van der Waals surface area contributed by atoms with Crippen molar-refractivity contribution < 1.29 is 4.79 Å². The van der Waals surface area contributed by atoms with Crippen LogP contribution in [0.3, 0.4) is 0 Å². The highest BCUT2D eigenvalue weighted by molar-refractivity contribution is 7.12. The molecular weight excluding hydrogens is 216 g/mol. The first-order valence-electron chi connectivity index (χ1n) is 6.25. The highest BCUT2D eigenvalue weighted by Crippen LogP contribution is 2.31. The molecule has 0 aliphatic carbocycles. The van der Waals surface area contributed by atoms with Gasteiger partial charge in [-0.05, 0) is 44.2 Å². The molecule has 0 saturated heterocycles. The Morgan fingerprint density at radius 3 is 2.69 bits per heavy atom. The second-order valence-electron chi connectivity index (χ2n) is 4.40. The molecule has 0 aromatic carbocycles. The van der Waals surface area contributed by atoms with Gasteiger partial charge in [0.25, 0.3) is 0 Å². The van der Waals surface area contributed by atoms with E-state index in [9.17, 15) is 4.79 Å². The number of ketones is 1. The predicted molar refractivity (Wildman–Crippen MR) is 71.3 cm³/mol. The molecule has 1 nitrogen and oxygen atoms in total. The number of hydrogen-bond acceptors (Lipinski definition) is 2. The monoisotopic (exact) mass is 238 g/mol. The Hall–Kier alpha value is -0.630. The van der Waals surface area contributed by atoms with Gasteiger partial charge in [-0.15, -0.1) is 11.3 Å². The van der Waals surface area contributed by atoms with Crippen LogP contribution in [-0.2, 0) is 11.2 Å². The summed E-state index contributed by atoms with van der Waals surface area (Å²) in [6.07, 6.45) is 5.27. The van der Waals surface area contributed by atoms with E-state index in [0.717, 1.165) is 19.3 Å². The van der Waals surface area contributed by atoms with Gasteiger partial charge >= 0.3 is 0 Å². The summed E-state index contributed by atoms with van der Waals surface area (Å²) in [5, 5.41) is 0. The van der Waals surface area contributed by atoms with Crippen LogP contribution in [0, 0.1) is 0 Å². The van der Waals surface area contributed by atoms with E-state index in [2.05, 4.69) is 26.0 Å². The Labute approximate surface area is 103 Å². The first-order chi connectivity index (χ1) is 7.67. The average molecular weight is 238 g/mol. The highest BCUT2D eigenvalue weighted by atomic mass is 32.1. The third kappa shape index (κ3) is 4.09. The van der Waals surface area contributed by atoms with Crippen molar-refractivity contribution in [2.75, 3.05) is 0 Å². The standard InChI is InChI=1S/C14H22OS/c1-4-6-13-9-10-14(16-13)12(5-2)8-7-11(3)15/h9-10,12H,4-8H2,1-3H3. The number of aryl methyl sites for hydroxylation is 1. The van der Waals surface area contributed by atoms with Crippen molar-refractivity contribution >= 4 is 17.1 Å². The lowest BCUT2D eigenvalue weighted by Crippen LogP contribution is -1.98. The maximum atomic E-state index is 11.0. The Morgan fingerprint density at radius 1 is 1.38 bits per heavy atom. The molecule has 2 heteroatoms. The van der Waals surface area contributed by atoms with Gasteiger partial charge in [0, 0.05) is 16.2 Å². The molecule has 1 unspecified atom stereocenters. The first kappa shape index (κ1) is 13.4. The van der Waals surface area contributed by atoms with Crippen molar-refractivity contribution in [3.05, 3.63) is 21.9 Å². The summed E-state index contributed by atoms with van der Waals surface area (Å²) in [5.41, 5.74) is 0. The van der Waals surface area contributed by atoms with E-state index in [-0.39, 0.29) is 0 Å². The lowest BCUT2D eigenvalue weighted by atomic mass is 9.97. The molecule has 0 radical (unpaired) electrons. The van der Waals surface area contributed by atoms with Crippen molar-refractivity contribution in [2.45, 2.75) is 58.8 Å². The van der Waals surface area contributed by atoms with Crippen LogP contribution < -0.4 is 0 Å². The van der Waals surface area contributed by atoms with Gasteiger partial charge in [-0.2, -0.15) is 0 Å². The molecule has 1 aromatic heterocycles. The van der Waals surface area contributed by atoms with Gasteiger partial charge in [0.05, 0.1) is 0 Å². The SMILES string of the molecule is CCCc1ccc(C(CC)CCC(C)=O)s1. The van der Waals surface area contributed by atoms with Gasteiger partial charge in [-0.25, -0.2) is 0 Å². The summed E-state index contributed by atoms with van der Waals surface area (Å²) in [5.74, 6) is 0.892. The second kappa shape index (κ2) is 6.85. The second-order valence-corrected chi connectivity index (χ2v) is 5.60. The fourth-order valence-corrected chi connectivity index (χ4v) is 3.25. The van der Waals surface area contributed by atoms with Crippen molar-refractivity contribution in [3.63, 3.8) is 0 Å². The Kier molecular flexibility index (Phi) is 5.75. The van der Waals surface area contributed by atoms with Crippen molar-refractivity contribution in [2.24, 2.45) is 0 Å². The molecule has 0 amide bonds. The summed E-state index contributed by atoms with van der Waals surface area (Å²) >= 11 is 1.93. The van der Waals surface area contributed by atoms with E-state index in [1.54, 1.807) is 6.92 Å².